The molecule has 1 aliphatic heterocycles. The van der Waals surface area contributed by atoms with Gasteiger partial charge in [-0.2, -0.15) is 31.3 Å². The molecule has 0 bridgehead atoms. The van der Waals surface area contributed by atoms with E-state index in [0.29, 0.717) is 0 Å². The monoisotopic (exact) mass is 319 g/mol. The van der Waals surface area contributed by atoms with E-state index in [2.05, 4.69) is 24.7 Å². The lowest BCUT2D eigenvalue weighted by atomic mass is 9.86. The summed E-state index contributed by atoms with van der Waals surface area (Å²) in [6.07, 6.45) is -9.41. The van der Waals surface area contributed by atoms with Gasteiger partial charge in [-0.3, -0.25) is 0 Å². The van der Waals surface area contributed by atoms with Gasteiger partial charge in [-0.1, -0.05) is 5.16 Å². The van der Waals surface area contributed by atoms with Crippen LogP contribution in [0, 0.1) is 0 Å². The van der Waals surface area contributed by atoms with Crippen molar-refractivity contribution in [3.63, 3.8) is 0 Å². The first-order valence-corrected chi connectivity index (χ1v) is 5.89. The van der Waals surface area contributed by atoms with Gasteiger partial charge < -0.3 is 14.6 Å². The van der Waals surface area contributed by atoms with E-state index in [4.69, 9.17) is 0 Å². The smallest absolute Gasteiger partial charge is 0.364 e. The minimum Gasteiger partial charge on any atom is -0.364 e. The van der Waals surface area contributed by atoms with Crippen LogP contribution in [0.25, 0.3) is 0 Å². The van der Waals surface area contributed by atoms with E-state index >= 15 is 0 Å². The molecule has 0 radical (unpaired) electrons. The fourth-order valence-electron chi connectivity index (χ4n) is 2.00. The Kier molecular flexibility index (Phi) is 4.15. The van der Waals surface area contributed by atoms with E-state index in [1.165, 1.54) is 0 Å². The lowest BCUT2D eigenvalue weighted by Crippen LogP contribution is -2.44. The molecule has 0 saturated carbocycles. The maximum atomic E-state index is 13.2. The number of hydrogen-bond acceptors (Lipinski definition) is 5. The molecule has 120 valence electrons. The van der Waals surface area contributed by atoms with Crippen molar-refractivity contribution in [2.45, 2.75) is 30.8 Å². The Bertz CT molecular complexity index is 478. The highest BCUT2D eigenvalue weighted by Crippen LogP contribution is 2.44. The van der Waals surface area contributed by atoms with Gasteiger partial charge in [0.15, 0.2) is 11.2 Å². The van der Waals surface area contributed by atoms with E-state index in [9.17, 15) is 26.3 Å². The molecule has 1 N–H and O–H groups in total. The number of nitrogens with zero attached hydrogens (tertiary/aromatic N) is 2. The van der Waals surface area contributed by atoms with Gasteiger partial charge in [-0.05, 0) is 13.0 Å². The maximum absolute atomic E-state index is 13.2. The summed E-state index contributed by atoms with van der Waals surface area (Å²) in [4.78, 5) is 3.52. The van der Waals surface area contributed by atoms with Crippen LogP contribution in [-0.2, 0) is 16.8 Å². The average Bonchev–Trinajstić information content (AvgIpc) is 2.93. The predicted molar refractivity (Wildman–Crippen MR) is 55.2 cm³/mol. The van der Waals surface area contributed by atoms with Crippen LogP contribution in [0.3, 0.4) is 0 Å². The highest BCUT2D eigenvalue weighted by molar-refractivity contribution is 5.14. The standard InChI is InChI=1S/C10H11F6N3O2/c11-9(12,13)5-20-3-6-18-7(21-19-6)8(10(14,15)16)1-2-17-4-8/h17H,1-5H2. The van der Waals surface area contributed by atoms with Gasteiger partial charge in [0, 0.05) is 6.54 Å². The molecule has 21 heavy (non-hydrogen) atoms. The van der Waals surface area contributed by atoms with Crippen LogP contribution in [0.2, 0.25) is 0 Å². The van der Waals surface area contributed by atoms with Crippen molar-refractivity contribution in [3.8, 4) is 0 Å². The zero-order valence-electron chi connectivity index (χ0n) is 10.5. The summed E-state index contributed by atoms with van der Waals surface area (Å²) in [6, 6.07) is 0. The van der Waals surface area contributed by atoms with E-state index in [0.717, 1.165) is 0 Å². The molecule has 1 unspecified atom stereocenters. The molecule has 0 amide bonds. The molecule has 2 heterocycles. The van der Waals surface area contributed by atoms with Crippen LogP contribution in [0.4, 0.5) is 26.3 Å². The minimum atomic E-state index is -4.60. The minimum absolute atomic E-state index is 0.127. The molecule has 0 aliphatic carbocycles. The lowest BCUT2D eigenvalue weighted by Gasteiger charge is -2.26. The lowest BCUT2D eigenvalue weighted by molar-refractivity contribution is -0.191. The van der Waals surface area contributed by atoms with Crippen LogP contribution in [0.15, 0.2) is 4.52 Å². The van der Waals surface area contributed by atoms with Crippen LogP contribution >= 0.6 is 0 Å². The number of halogens is 6. The molecule has 0 aromatic carbocycles. The topological polar surface area (TPSA) is 60.2 Å². The highest BCUT2D eigenvalue weighted by Gasteiger charge is 2.61. The largest absolute Gasteiger partial charge is 0.411 e. The first-order chi connectivity index (χ1) is 9.64. The van der Waals surface area contributed by atoms with E-state index in [1.807, 2.05) is 0 Å². The third kappa shape index (κ3) is 3.46. The van der Waals surface area contributed by atoms with E-state index in [-0.39, 0.29) is 18.8 Å². The van der Waals surface area contributed by atoms with Crippen LogP contribution in [0.1, 0.15) is 18.1 Å². The first kappa shape index (κ1) is 16.0. The SMILES string of the molecule is FC(F)(F)COCc1noc(C2(C(F)(F)F)CCNC2)n1. The summed E-state index contributed by atoms with van der Waals surface area (Å²) in [7, 11) is 0. The molecule has 2 rings (SSSR count). The van der Waals surface area contributed by atoms with Crippen LogP contribution in [-0.4, -0.2) is 42.2 Å². The van der Waals surface area contributed by atoms with E-state index < -0.39 is 43.4 Å². The molecule has 0 spiro atoms. The van der Waals surface area contributed by atoms with Crippen molar-refractivity contribution in [3.05, 3.63) is 11.7 Å². The number of ether oxygens (including phenoxy) is 1. The molecule has 11 heteroatoms. The average molecular weight is 319 g/mol. The number of rotatable bonds is 4. The fourth-order valence-corrected chi connectivity index (χ4v) is 2.00. The third-order valence-electron chi connectivity index (χ3n) is 3.07. The Morgan fingerprint density at radius 1 is 1.24 bits per heavy atom. The summed E-state index contributed by atoms with van der Waals surface area (Å²) in [5, 5.41) is 5.80. The summed E-state index contributed by atoms with van der Waals surface area (Å²) >= 11 is 0. The number of alkyl halides is 6. The van der Waals surface area contributed by atoms with Gasteiger partial charge in [0.25, 0.3) is 0 Å². The molecular formula is C10H11F6N3O2. The summed E-state index contributed by atoms with van der Waals surface area (Å²) in [5.74, 6) is -1.02. The zero-order valence-corrected chi connectivity index (χ0v) is 10.5. The fraction of sp³-hybridized carbons (Fsp3) is 0.800. The second kappa shape index (κ2) is 5.44. The maximum Gasteiger partial charge on any atom is 0.411 e. The Morgan fingerprint density at radius 2 is 1.95 bits per heavy atom. The van der Waals surface area contributed by atoms with Gasteiger partial charge in [0.05, 0.1) is 0 Å². The van der Waals surface area contributed by atoms with Gasteiger partial charge in [0.2, 0.25) is 5.89 Å². The summed E-state index contributed by atoms with van der Waals surface area (Å²) in [5.41, 5.74) is -2.30. The molecule has 1 aromatic rings. The van der Waals surface area contributed by atoms with Gasteiger partial charge in [0.1, 0.15) is 13.2 Å². The Hall–Kier alpha value is -1.36. The van der Waals surface area contributed by atoms with Crippen molar-refractivity contribution in [2.75, 3.05) is 19.7 Å². The Morgan fingerprint density at radius 3 is 2.48 bits per heavy atom. The van der Waals surface area contributed by atoms with Crippen LogP contribution < -0.4 is 5.32 Å². The molecular weight excluding hydrogens is 308 g/mol. The van der Waals surface area contributed by atoms with Gasteiger partial charge in [-0.15, -0.1) is 0 Å². The van der Waals surface area contributed by atoms with Crippen molar-refractivity contribution >= 4 is 0 Å². The molecule has 1 aliphatic rings. The number of nitrogens with one attached hydrogen (secondary N) is 1. The quantitative estimate of drug-likeness (QED) is 0.860. The molecule has 1 saturated heterocycles. The first-order valence-electron chi connectivity index (χ1n) is 5.89. The summed E-state index contributed by atoms with van der Waals surface area (Å²) in [6.45, 7) is -2.50. The molecule has 1 aromatic heterocycles. The van der Waals surface area contributed by atoms with Crippen molar-refractivity contribution < 1.29 is 35.6 Å². The third-order valence-corrected chi connectivity index (χ3v) is 3.07. The Labute approximate surface area is 114 Å². The van der Waals surface area contributed by atoms with Crippen LogP contribution in [0.5, 0.6) is 0 Å². The second-order valence-electron chi connectivity index (χ2n) is 4.63. The normalized spacial score (nSPS) is 23.7. The highest BCUT2D eigenvalue weighted by atomic mass is 19.4. The molecule has 1 atom stereocenters. The second-order valence-corrected chi connectivity index (χ2v) is 4.63. The molecule has 5 nitrogen and oxygen atoms in total. The Balaban J connectivity index is 2.08. The number of aromatic nitrogens is 2. The van der Waals surface area contributed by atoms with Gasteiger partial charge >= 0.3 is 12.4 Å². The van der Waals surface area contributed by atoms with Crippen molar-refractivity contribution in [1.82, 2.24) is 15.5 Å². The zero-order chi connectivity index (χ0) is 15.7. The molecule has 1 fully saturated rings. The van der Waals surface area contributed by atoms with Gasteiger partial charge in [-0.25, -0.2) is 0 Å². The summed E-state index contributed by atoms with van der Waals surface area (Å²) < 4.78 is 84.0. The van der Waals surface area contributed by atoms with Crippen molar-refractivity contribution in [2.24, 2.45) is 0 Å². The van der Waals surface area contributed by atoms with E-state index in [1.54, 1.807) is 0 Å². The number of hydrogen-bond donors (Lipinski definition) is 1. The van der Waals surface area contributed by atoms with Crippen molar-refractivity contribution in [1.29, 1.82) is 0 Å². The predicted octanol–water partition coefficient (Wildman–Crippen LogP) is 1.94.